The molecular formula is C25H32FNO5S. The van der Waals surface area contributed by atoms with Crippen molar-refractivity contribution in [1.82, 2.24) is 4.31 Å². The van der Waals surface area contributed by atoms with Crippen molar-refractivity contribution in [2.45, 2.75) is 69.3 Å². The molecule has 1 saturated heterocycles. The van der Waals surface area contributed by atoms with Gasteiger partial charge < -0.3 is 4.74 Å². The third-order valence-electron chi connectivity index (χ3n) is 8.46. The highest BCUT2D eigenvalue weighted by Crippen LogP contribution is 2.60. The molecule has 4 bridgehead atoms. The smallest absolute Gasteiger partial charge is 0.309 e. The second-order valence-corrected chi connectivity index (χ2v) is 12.7. The lowest BCUT2D eigenvalue weighted by Crippen LogP contribution is -2.53. The van der Waals surface area contributed by atoms with Crippen molar-refractivity contribution in [2.75, 3.05) is 13.1 Å². The monoisotopic (exact) mass is 477 g/mol. The van der Waals surface area contributed by atoms with Crippen LogP contribution in [0.1, 0.15) is 58.3 Å². The number of piperidine rings is 1. The van der Waals surface area contributed by atoms with Gasteiger partial charge in [0.05, 0.1) is 5.92 Å². The van der Waals surface area contributed by atoms with Crippen LogP contribution >= 0.6 is 0 Å². The summed E-state index contributed by atoms with van der Waals surface area (Å²) in [6.07, 6.45) is 6.37. The summed E-state index contributed by atoms with van der Waals surface area (Å²) < 4.78 is 46.5. The molecule has 1 aromatic rings. The first-order valence-electron chi connectivity index (χ1n) is 12.2. The van der Waals surface area contributed by atoms with E-state index >= 15 is 0 Å². The molecular weight excluding hydrogens is 445 g/mol. The van der Waals surface area contributed by atoms with E-state index in [1.165, 1.54) is 41.8 Å². The third kappa shape index (κ3) is 4.14. The number of rotatable bonds is 6. The minimum Gasteiger partial charge on any atom is -0.454 e. The molecule has 0 aromatic heterocycles. The number of carbonyl (C=O) groups is 2. The molecule has 6 rings (SSSR count). The maximum Gasteiger partial charge on any atom is 0.309 e. The van der Waals surface area contributed by atoms with E-state index in [2.05, 4.69) is 0 Å². The summed E-state index contributed by atoms with van der Waals surface area (Å²) in [7, 11) is -3.95. The quantitative estimate of drug-likeness (QED) is 0.580. The van der Waals surface area contributed by atoms with Gasteiger partial charge in [-0.1, -0.05) is 12.1 Å². The molecule has 6 nitrogen and oxygen atoms in total. The Kier molecular flexibility index (Phi) is 5.88. The van der Waals surface area contributed by atoms with Crippen LogP contribution in [0, 0.1) is 34.9 Å². The topological polar surface area (TPSA) is 80.8 Å². The van der Waals surface area contributed by atoms with E-state index in [1.54, 1.807) is 6.92 Å². The Morgan fingerprint density at radius 3 is 2.12 bits per heavy atom. The van der Waals surface area contributed by atoms with Gasteiger partial charge in [-0.25, -0.2) is 12.8 Å². The van der Waals surface area contributed by atoms with E-state index in [9.17, 15) is 22.4 Å². The SMILES string of the molecule is CC(OC(=O)C1CCN(S(=O)(=O)c2ccccc2F)CC1)C(=O)C12CC3CC(CC(C3)C1)C2. The highest BCUT2D eigenvalue weighted by molar-refractivity contribution is 7.89. The van der Waals surface area contributed by atoms with Crippen LogP contribution in [0.5, 0.6) is 0 Å². The van der Waals surface area contributed by atoms with Gasteiger partial charge in [-0.2, -0.15) is 4.31 Å². The van der Waals surface area contributed by atoms with E-state index in [0.29, 0.717) is 30.6 Å². The van der Waals surface area contributed by atoms with Crippen molar-refractivity contribution in [3.05, 3.63) is 30.1 Å². The molecule has 1 aromatic carbocycles. The van der Waals surface area contributed by atoms with Crippen LogP contribution in [-0.2, 0) is 24.3 Å². The van der Waals surface area contributed by atoms with E-state index < -0.39 is 33.8 Å². The number of esters is 1. The lowest BCUT2D eigenvalue weighted by Gasteiger charge is -2.56. The third-order valence-corrected chi connectivity index (χ3v) is 10.4. The Morgan fingerprint density at radius 2 is 1.58 bits per heavy atom. The number of Topliss-reactive ketones (excluding diaryl/α,β-unsaturated/α-hetero) is 1. The Balaban J connectivity index is 1.18. The molecule has 4 aliphatic carbocycles. The summed E-state index contributed by atoms with van der Waals surface area (Å²) in [6, 6.07) is 5.31. The average molecular weight is 478 g/mol. The standard InChI is InChI=1S/C25H32FNO5S/c1-16(23(28)25-13-17-10-18(14-25)12-19(11-17)15-25)32-24(29)20-6-8-27(9-7-20)33(30,31)22-5-3-2-4-21(22)26/h2-5,16-20H,6-15H2,1H3. The maximum absolute atomic E-state index is 14.0. The molecule has 180 valence electrons. The van der Waals surface area contributed by atoms with Crippen molar-refractivity contribution < 1.29 is 27.1 Å². The highest BCUT2D eigenvalue weighted by atomic mass is 32.2. The zero-order chi connectivity index (χ0) is 23.4. The number of hydrogen-bond acceptors (Lipinski definition) is 5. The fourth-order valence-electron chi connectivity index (χ4n) is 7.29. The van der Waals surface area contributed by atoms with E-state index in [4.69, 9.17) is 4.74 Å². The van der Waals surface area contributed by atoms with Crippen molar-refractivity contribution in [3.63, 3.8) is 0 Å². The lowest BCUT2D eigenvalue weighted by atomic mass is 9.48. The normalized spacial score (nSPS) is 33.1. The van der Waals surface area contributed by atoms with Crippen LogP contribution in [-0.4, -0.2) is 43.7 Å². The first kappa shape index (κ1) is 23.0. The van der Waals surface area contributed by atoms with Crippen LogP contribution in [0.15, 0.2) is 29.2 Å². The minimum atomic E-state index is -3.95. The number of sulfonamides is 1. The molecule has 1 atom stereocenters. The van der Waals surface area contributed by atoms with Gasteiger partial charge in [0.25, 0.3) is 0 Å². The summed E-state index contributed by atoms with van der Waals surface area (Å²) in [6.45, 7) is 1.93. The average Bonchev–Trinajstić information content (AvgIpc) is 2.78. The van der Waals surface area contributed by atoms with Crippen LogP contribution in [0.2, 0.25) is 0 Å². The summed E-state index contributed by atoms with van der Waals surface area (Å²) in [5, 5.41) is 0. The Hall–Kier alpha value is -1.80. The summed E-state index contributed by atoms with van der Waals surface area (Å²) in [5.74, 6) is 0.342. The molecule has 33 heavy (non-hydrogen) atoms. The predicted octanol–water partition coefficient (Wildman–Crippen LogP) is 3.94. The van der Waals surface area contributed by atoms with Crippen molar-refractivity contribution in [1.29, 1.82) is 0 Å². The predicted molar refractivity (Wildman–Crippen MR) is 119 cm³/mol. The molecule has 1 heterocycles. The summed E-state index contributed by atoms with van der Waals surface area (Å²) >= 11 is 0. The number of nitrogens with zero attached hydrogens (tertiary/aromatic N) is 1. The van der Waals surface area contributed by atoms with Gasteiger partial charge in [0.2, 0.25) is 10.0 Å². The molecule has 4 saturated carbocycles. The Labute approximate surface area is 194 Å². The lowest BCUT2D eigenvalue weighted by molar-refractivity contribution is -0.168. The number of ketones is 1. The Bertz CT molecular complexity index is 1010. The molecule has 0 spiro atoms. The zero-order valence-corrected chi connectivity index (χ0v) is 19.9. The number of halogens is 1. The number of ether oxygens (including phenoxy) is 1. The fraction of sp³-hybridized carbons (Fsp3) is 0.680. The van der Waals surface area contributed by atoms with E-state index in [0.717, 1.165) is 25.3 Å². The van der Waals surface area contributed by atoms with E-state index in [1.807, 2.05) is 0 Å². The number of hydrogen-bond donors (Lipinski definition) is 0. The maximum atomic E-state index is 14.0. The van der Waals surface area contributed by atoms with Crippen LogP contribution in [0.25, 0.3) is 0 Å². The van der Waals surface area contributed by atoms with Crippen molar-refractivity contribution in [3.8, 4) is 0 Å². The highest BCUT2D eigenvalue weighted by Gasteiger charge is 2.55. The summed E-state index contributed by atoms with van der Waals surface area (Å²) in [5.41, 5.74) is -0.314. The second kappa shape index (κ2) is 8.45. The van der Waals surface area contributed by atoms with Gasteiger partial charge in [-0.15, -0.1) is 0 Å². The Morgan fingerprint density at radius 1 is 1.03 bits per heavy atom. The van der Waals surface area contributed by atoms with Crippen LogP contribution in [0.4, 0.5) is 4.39 Å². The minimum absolute atomic E-state index is 0.0783. The first-order chi connectivity index (χ1) is 15.7. The van der Waals surface area contributed by atoms with Gasteiger partial charge in [0.1, 0.15) is 10.7 Å². The van der Waals surface area contributed by atoms with Crippen molar-refractivity contribution in [2.24, 2.45) is 29.1 Å². The molecule has 1 aliphatic heterocycles. The van der Waals surface area contributed by atoms with E-state index in [-0.39, 0.29) is 29.2 Å². The number of benzene rings is 1. The molecule has 5 fully saturated rings. The number of carbonyl (C=O) groups excluding carboxylic acids is 2. The van der Waals surface area contributed by atoms with Crippen molar-refractivity contribution >= 4 is 21.8 Å². The van der Waals surface area contributed by atoms with Gasteiger partial charge in [0, 0.05) is 18.5 Å². The van der Waals surface area contributed by atoms with Gasteiger partial charge in [-0.3, -0.25) is 9.59 Å². The molecule has 1 unspecified atom stereocenters. The van der Waals surface area contributed by atoms with Gasteiger partial charge in [0.15, 0.2) is 11.9 Å². The zero-order valence-electron chi connectivity index (χ0n) is 19.0. The first-order valence-corrected chi connectivity index (χ1v) is 13.6. The van der Waals surface area contributed by atoms with Gasteiger partial charge in [-0.05, 0) is 88.2 Å². The fourth-order valence-corrected chi connectivity index (χ4v) is 8.83. The molecule has 0 N–H and O–H groups in total. The molecule has 8 heteroatoms. The summed E-state index contributed by atoms with van der Waals surface area (Å²) in [4.78, 5) is 25.9. The van der Waals surface area contributed by atoms with Gasteiger partial charge >= 0.3 is 5.97 Å². The molecule has 5 aliphatic rings. The molecule has 0 amide bonds. The largest absolute Gasteiger partial charge is 0.454 e. The second-order valence-electron chi connectivity index (χ2n) is 10.8. The molecule has 0 radical (unpaired) electrons. The van der Waals surface area contributed by atoms with Crippen LogP contribution < -0.4 is 0 Å². The van der Waals surface area contributed by atoms with Crippen LogP contribution in [0.3, 0.4) is 0 Å².